The number of hydrogen-bond donors (Lipinski definition) is 0. The van der Waals surface area contributed by atoms with Crippen LogP contribution in [0.25, 0.3) is 72.6 Å². The van der Waals surface area contributed by atoms with Crippen molar-refractivity contribution in [3.63, 3.8) is 0 Å². The summed E-state index contributed by atoms with van der Waals surface area (Å²) in [6, 6.07) is 48.5. The van der Waals surface area contributed by atoms with Crippen molar-refractivity contribution >= 4 is 50.8 Å². The fraction of sp³-hybridized carbons (Fsp3) is 0.196. The van der Waals surface area contributed by atoms with Crippen LogP contribution in [-0.2, 0) is 26.5 Å². The summed E-state index contributed by atoms with van der Waals surface area (Å²) >= 11 is -1.86. The molecule has 5 aromatic carbocycles. The van der Waals surface area contributed by atoms with Crippen molar-refractivity contribution in [1.82, 2.24) is 19.5 Å². The Morgan fingerprint density at radius 3 is 2.16 bits per heavy atom. The van der Waals surface area contributed by atoms with E-state index in [2.05, 4.69) is 146 Å². The van der Waals surface area contributed by atoms with Crippen molar-refractivity contribution in [3.8, 4) is 39.5 Å². The fourth-order valence-electron chi connectivity index (χ4n) is 7.89. The van der Waals surface area contributed by atoms with E-state index in [0.29, 0.717) is 11.6 Å². The molecule has 0 atom stereocenters. The van der Waals surface area contributed by atoms with Crippen molar-refractivity contribution < 1.29 is 24.5 Å². The van der Waals surface area contributed by atoms with E-state index in [1.54, 1.807) is 4.40 Å². The van der Waals surface area contributed by atoms with Gasteiger partial charge in [-0.15, -0.1) is 18.2 Å². The molecule has 0 bridgehead atoms. The number of furan rings is 1. The van der Waals surface area contributed by atoms with Gasteiger partial charge < -0.3 is 8.98 Å². The minimum Gasteiger partial charge on any atom is -0.486 e. The molecule has 1 radical (unpaired) electrons. The molecule has 293 valence electrons. The molecule has 0 spiro atoms. The van der Waals surface area contributed by atoms with Crippen LogP contribution in [0.15, 0.2) is 132 Å². The maximum atomic E-state index is 6.35. The summed E-state index contributed by atoms with van der Waals surface area (Å²) in [5.41, 5.74) is 14.7. The topological polar surface area (TPSA) is 56.7 Å². The number of nitrogens with zero attached hydrogens (tertiary/aromatic N) is 4. The maximum absolute atomic E-state index is 6.35. The van der Waals surface area contributed by atoms with Gasteiger partial charge in [-0.05, 0) is 79.4 Å². The summed E-state index contributed by atoms with van der Waals surface area (Å²) in [5.74, 6) is 8.80. The fourth-order valence-corrected chi connectivity index (χ4v) is 11.2. The Hall–Kier alpha value is -5.14. The summed E-state index contributed by atoms with van der Waals surface area (Å²) in [7, 11) is 0. The van der Waals surface area contributed by atoms with E-state index < -0.39 is 13.3 Å². The number of fused-ring (bicyclic) bond motifs is 4. The third-order valence-electron chi connectivity index (χ3n) is 10.5. The van der Waals surface area contributed by atoms with E-state index in [4.69, 9.17) is 14.4 Å². The summed E-state index contributed by atoms with van der Waals surface area (Å²) in [6.07, 6.45) is 3.27. The first kappa shape index (κ1) is 41.0. The molecular formula is C51H48GeIrN4O-2. The van der Waals surface area contributed by atoms with Crippen LogP contribution in [0.4, 0.5) is 0 Å². The van der Waals surface area contributed by atoms with Gasteiger partial charge in [-0.3, -0.25) is 4.98 Å². The normalized spacial score (nSPS) is 11.5. The summed E-state index contributed by atoms with van der Waals surface area (Å²) in [4.78, 5) is 14.4. The van der Waals surface area contributed by atoms with E-state index >= 15 is 0 Å². The molecule has 0 amide bonds. The molecule has 0 aliphatic heterocycles. The van der Waals surface area contributed by atoms with E-state index in [-0.39, 0.29) is 20.1 Å². The third kappa shape index (κ3) is 8.24. The molecule has 4 heterocycles. The van der Waals surface area contributed by atoms with Crippen molar-refractivity contribution in [2.24, 2.45) is 5.92 Å². The average molecular weight is 998 g/mol. The predicted molar refractivity (Wildman–Crippen MR) is 240 cm³/mol. The SMILES string of the molecule is CC(C)Cc1cc(-c2[c-]cccc2)nc[c]1[Ge]([CH3])([CH3])[CH3].Cc1ccc2c(n1)oc1c(-c3nc4ccccc4n3-c3c(C)cc(-c4ccccc4)cc3C)[c-]ccc12.[Ir]. The molecule has 7 heteroatoms. The van der Waals surface area contributed by atoms with Crippen LogP contribution >= 0.6 is 0 Å². The second-order valence-corrected chi connectivity index (χ2v) is 27.0. The zero-order chi connectivity index (χ0) is 39.8. The zero-order valence-corrected chi connectivity index (χ0v) is 38.9. The third-order valence-corrected chi connectivity index (χ3v) is 14.8. The van der Waals surface area contributed by atoms with Gasteiger partial charge in [0, 0.05) is 36.9 Å². The van der Waals surface area contributed by atoms with Gasteiger partial charge in [-0.2, -0.15) is 0 Å². The standard InChI is InChI=1S/C33H24N3O.C18H24GeN.Ir/c1-20-18-24(23-10-5-4-6-11-23)19-21(2)30(20)36-29-15-8-7-14-28(29)35-32(36)27-13-9-12-25-26-17-16-22(3)34-33(26)37-31(25)27;1-14(2)11-16-12-18(15-9-7-6-8-10-15)20-13-17(16)19(3,4)5;/h4-12,14-19H,1-3H3;6-9,12-14H,11H2,1-5H3;/q2*-1;. The second-order valence-electron chi connectivity index (χ2n) is 16.4. The van der Waals surface area contributed by atoms with Crippen LogP contribution in [-0.4, -0.2) is 32.8 Å². The molecule has 0 saturated heterocycles. The van der Waals surface area contributed by atoms with Crippen LogP contribution in [0.5, 0.6) is 0 Å². The van der Waals surface area contributed by atoms with Crippen molar-refractivity contribution in [2.45, 2.75) is 58.3 Å². The molecule has 0 unspecified atom stereocenters. The quantitative estimate of drug-likeness (QED) is 0.118. The molecule has 9 aromatic rings. The molecule has 58 heavy (non-hydrogen) atoms. The minimum atomic E-state index is -1.86. The molecule has 4 aromatic heterocycles. The van der Waals surface area contributed by atoms with Gasteiger partial charge in [0.25, 0.3) is 0 Å². The minimum absolute atomic E-state index is 0. The maximum Gasteiger partial charge on any atom is 0.216 e. The van der Waals surface area contributed by atoms with Gasteiger partial charge >= 0.3 is 126 Å². The Labute approximate surface area is 358 Å². The molecule has 9 rings (SSSR count). The molecule has 0 aliphatic carbocycles. The Morgan fingerprint density at radius 1 is 0.724 bits per heavy atom. The van der Waals surface area contributed by atoms with Gasteiger partial charge in [0.1, 0.15) is 0 Å². The van der Waals surface area contributed by atoms with E-state index in [9.17, 15) is 0 Å². The number of aryl methyl sites for hydroxylation is 3. The first-order chi connectivity index (χ1) is 27.5. The number of rotatable bonds is 7. The summed E-state index contributed by atoms with van der Waals surface area (Å²) < 4.78 is 10.1. The number of hydrogen-bond acceptors (Lipinski definition) is 4. The van der Waals surface area contributed by atoms with E-state index in [1.165, 1.54) is 27.8 Å². The number of imidazole rings is 1. The number of pyridine rings is 2. The molecule has 0 fully saturated rings. The Kier molecular flexibility index (Phi) is 12.0. The molecule has 0 N–H and O–H groups in total. The van der Waals surface area contributed by atoms with Crippen molar-refractivity contribution in [1.29, 1.82) is 0 Å². The van der Waals surface area contributed by atoms with E-state index in [1.807, 2.05) is 55.5 Å². The van der Waals surface area contributed by atoms with Crippen LogP contribution in [0.3, 0.4) is 0 Å². The van der Waals surface area contributed by atoms with E-state index in [0.717, 1.165) is 67.8 Å². The predicted octanol–water partition coefficient (Wildman–Crippen LogP) is 12.7. The molecule has 5 nitrogen and oxygen atoms in total. The summed E-state index contributed by atoms with van der Waals surface area (Å²) in [5, 5.41) is 2.01. The van der Waals surface area contributed by atoms with Gasteiger partial charge in [0.15, 0.2) is 0 Å². The molecular weight excluding hydrogens is 949 g/mol. The number of para-hydroxylation sites is 2. The first-order valence-electron chi connectivity index (χ1n) is 19.8. The largest absolute Gasteiger partial charge is 0.486 e. The summed E-state index contributed by atoms with van der Waals surface area (Å²) in [6.45, 7) is 10.9. The van der Waals surface area contributed by atoms with Crippen LogP contribution < -0.4 is 4.40 Å². The Bertz CT molecular complexity index is 2850. The van der Waals surface area contributed by atoms with Crippen LogP contribution in [0, 0.1) is 38.8 Å². The molecule has 0 aliphatic rings. The Morgan fingerprint density at radius 2 is 1.45 bits per heavy atom. The van der Waals surface area contributed by atoms with Gasteiger partial charge in [0.05, 0.1) is 22.4 Å². The monoisotopic (exact) mass is 999 g/mol. The van der Waals surface area contributed by atoms with Gasteiger partial charge in [-0.25, -0.2) is 4.98 Å². The number of benzene rings is 5. The second kappa shape index (κ2) is 17.0. The van der Waals surface area contributed by atoms with Crippen LogP contribution in [0.2, 0.25) is 17.3 Å². The number of aromatic nitrogens is 4. The van der Waals surface area contributed by atoms with Crippen molar-refractivity contribution in [3.05, 3.63) is 162 Å². The van der Waals surface area contributed by atoms with Crippen LogP contribution in [0.1, 0.15) is 36.2 Å². The van der Waals surface area contributed by atoms with Gasteiger partial charge in [0.2, 0.25) is 5.71 Å². The zero-order valence-electron chi connectivity index (χ0n) is 34.4. The smallest absolute Gasteiger partial charge is 0.216 e. The van der Waals surface area contributed by atoms with Crippen molar-refractivity contribution in [2.75, 3.05) is 0 Å². The Balaban J connectivity index is 0.000000208. The van der Waals surface area contributed by atoms with Gasteiger partial charge in [-0.1, -0.05) is 53.4 Å². The first-order valence-corrected chi connectivity index (χ1v) is 27.1. The molecule has 0 saturated carbocycles. The average Bonchev–Trinajstić information content (AvgIpc) is 3.76.